The molecule has 0 spiro atoms. The Labute approximate surface area is 82.7 Å². The van der Waals surface area contributed by atoms with Crippen LogP contribution < -0.4 is 5.73 Å². The molecule has 0 atom stereocenters. The summed E-state index contributed by atoms with van der Waals surface area (Å²) in [5, 5.41) is 4.53. The molecule has 2 rings (SSSR count). The van der Waals surface area contributed by atoms with E-state index in [4.69, 9.17) is 5.73 Å². The predicted molar refractivity (Wildman–Crippen MR) is 56.0 cm³/mol. The smallest absolute Gasteiger partial charge is 0.0703 e. The molecule has 1 fully saturated rings. The number of hydrogen-bond acceptors (Lipinski definition) is 3. The van der Waals surface area contributed by atoms with E-state index < -0.39 is 0 Å². The standard InChI is InChI=1S/C9H15N3S/c1-6-9(3-10)7(2)12(11-6)8-4-13-5-8/h8H,3-5,10H2,1-2H3. The van der Waals surface area contributed by atoms with E-state index in [1.54, 1.807) is 0 Å². The van der Waals surface area contributed by atoms with Crippen LogP contribution in [0.2, 0.25) is 0 Å². The van der Waals surface area contributed by atoms with Crippen molar-refractivity contribution in [3.05, 3.63) is 17.0 Å². The topological polar surface area (TPSA) is 43.8 Å². The summed E-state index contributed by atoms with van der Waals surface area (Å²) < 4.78 is 2.15. The Balaban J connectivity index is 2.35. The molecule has 72 valence electrons. The molecule has 1 aliphatic heterocycles. The molecule has 0 unspecified atom stereocenters. The maximum atomic E-state index is 5.67. The van der Waals surface area contributed by atoms with Crippen LogP contribution in [0.25, 0.3) is 0 Å². The fourth-order valence-electron chi connectivity index (χ4n) is 1.71. The highest BCUT2D eigenvalue weighted by Gasteiger charge is 2.23. The summed E-state index contributed by atoms with van der Waals surface area (Å²) in [7, 11) is 0. The Morgan fingerprint density at radius 2 is 2.23 bits per heavy atom. The zero-order valence-corrected chi connectivity index (χ0v) is 8.90. The second kappa shape index (κ2) is 3.35. The summed E-state index contributed by atoms with van der Waals surface area (Å²) in [6.45, 7) is 4.76. The Kier molecular flexibility index (Phi) is 2.34. The van der Waals surface area contributed by atoms with Gasteiger partial charge in [-0.15, -0.1) is 0 Å². The largest absolute Gasteiger partial charge is 0.326 e. The number of aryl methyl sites for hydroxylation is 1. The van der Waals surface area contributed by atoms with E-state index in [2.05, 4.69) is 16.7 Å². The highest BCUT2D eigenvalue weighted by molar-refractivity contribution is 8.00. The van der Waals surface area contributed by atoms with Crippen molar-refractivity contribution in [2.24, 2.45) is 5.73 Å². The first-order valence-electron chi connectivity index (χ1n) is 4.56. The fraction of sp³-hybridized carbons (Fsp3) is 0.667. The molecule has 2 heterocycles. The zero-order chi connectivity index (χ0) is 9.42. The Bertz CT molecular complexity index is 315. The van der Waals surface area contributed by atoms with Crippen LogP contribution in [0.3, 0.4) is 0 Å². The zero-order valence-electron chi connectivity index (χ0n) is 8.08. The van der Waals surface area contributed by atoms with Gasteiger partial charge in [0.05, 0.1) is 11.7 Å². The summed E-state index contributed by atoms with van der Waals surface area (Å²) in [4.78, 5) is 0. The summed E-state index contributed by atoms with van der Waals surface area (Å²) in [6, 6.07) is 0.615. The summed E-state index contributed by atoms with van der Waals surface area (Å²) >= 11 is 1.98. The van der Waals surface area contributed by atoms with E-state index in [1.165, 1.54) is 22.8 Å². The van der Waals surface area contributed by atoms with Gasteiger partial charge in [-0.3, -0.25) is 4.68 Å². The first-order valence-corrected chi connectivity index (χ1v) is 5.72. The van der Waals surface area contributed by atoms with E-state index in [0.29, 0.717) is 12.6 Å². The molecule has 4 heteroatoms. The molecular formula is C9H15N3S. The molecular weight excluding hydrogens is 182 g/mol. The van der Waals surface area contributed by atoms with Crippen LogP contribution in [0.4, 0.5) is 0 Å². The van der Waals surface area contributed by atoms with Crippen LogP contribution in [-0.4, -0.2) is 21.3 Å². The van der Waals surface area contributed by atoms with Crippen LogP contribution in [0.1, 0.15) is 23.0 Å². The Morgan fingerprint density at radius 3 is 2.62 bits per heavy atom. The van der Waals surface area contributed by atoms with Crippen molar-refractivity contribution >= 4 is 11.8 Å². The van der Waals surface area contributed by atoms with Gasteiger partial charge in [0, 0.05) is 29.3 Å². The Morgan fingerprint density at radius 1 is 1.54 bits per heavy atom. The number of hydrogen-bond donors (Lipinski definition) is 1. The lowest BCUT2D eigenvalue weighted by Gasteiger charge is -2.26. The number of rotatable bonds is 2. The monoisotopic (exact) mass is 197 g/mol. The van der Waals surface area contributed by atoms with Gasteiger partial charge in [0.1, 0.15) is 0 Å². The average molecular weight is 197 g/mol. The fourth-order valence-corrected chi connectivity index (χ4v) is 2.44. The molecule has 0 radical (unpaired) electrons. The lowest BCUT2D eigenvalue weighted by atomic mass is 10.2. The van der Waals surface area contributed by atoms with Gasteiger partial charge in [-0.05, 0) is 13.8 Å². The van der Waals surface area contributed by atoms with Gasteiger partial charge in [-0.1, -0.05) is 0 Å². The van der Waals surface area contributed by atoms with Crippen LogP contribution in [0.5, 0.6) is 0 Å². The van der Waals surface area contributed by atoms with E-state index >= 15 is 0 Å². The molecule has 0 saturated carbocycles. The first-order chi connectivity index (χ1) is 6.24. The molecule has 0 amide bonds. The van der Waals surface area contributed by atoms with E-state index in [0.717, 1.165) is 5.69 Å². The highest BCUT2D eigenvalue weighted by atomic mass is 32.2. The van der Waals surface area contributed by atoms with E-state index in [1.807, 2.05) is 18.7 Å². The van der Waals surface area contributed by atoms with Gasteiger partial charge in [0.2, 0.25) is 0 Å². The average Bonchev–Trinajstić information content (AvgIpc) is 2.25. The molecule has 0 bridgehead atoms. The van der Waals surface area contributed by atoms with Gasteiger partial charge >= 0.3 is 0 Å². The minimum atomic E-state index is 0.609. The maximum absolute atomic E-state index is 5.67. The van der Waals surface area contributed by atoms with Crippen molar-refractivity contribution in [1.29, 1.82) is 0 Å². The van der Waals surface area contributed by atoms with E-state index in [9.17, 15) is 0 Å². The van der Waals surface area contributed by atoms with Crippen LogP contribution in [0, 0.1) is 13.8 Å². The third-order valence-electron chi connectivity index (χ3n) is 2.65. The van der Waals surface area contributed by atoms with Gasteiger partial charge in [0.15, 0.2) is 0 Å². The third kappa shape index (κ3) is 1.38. The third-order valence-corrected chi connectivity index (χ3v) is 3.89. The lowest BCUT2D eigenvalue weighted by molar-refractivity contribution is 0.510. The van der Waals surface area contributed by atoms with Crippen LogP contribution >= 0.6 is 11.8 Å². The van der Waals surface area contributed by atoms with Crippen LogP contribution in [0.15, 0.2) is 0 Å². The van der Waals surface area contributed by atoms with Crippen molar-refractivity contribution in [3.8, 4) is 0 Å². The number of nitrogens with zero attached hydrogens (tertiary/aromatic N) is 2. The minimum Gasteiger partial charge on any atom is -0.326 e. The van der Waals surface area contributed by atoms with Crippen molar-refractivity contribution < 1.29 is 0 Å². The van der Waals surface area contributed by atoms with Crippen molar-refractivity contribution in [2.45, 2.75) is 26.4 Å². The summed E-state index contributed by atoms with van der Waals surface area (Å²) in [5.41, 5.74) is 9.23. The number of thioether (sulfide) groups is 1. The van der Waals surface area contributed by atoms with Crippen LogP contribution in [-0.2, 0) is 6.54 Å². The second-order valence-corrected chi connectivity index (χ2v) is 4.56. The van der Waals surface area contributed by atoms with Gasteiger partial charge in [-0.2, -0.15) is 16.9 Å². The molecule has 0 aliphatic carbocycles. The van der Waals surface area contributed by atoms with E-state index in [-0.39, 0.29) is 0 Å². The normalized spacial score (nSPS) is 17.5. The van der Waals surface area contributed by atoms with Gasteiger partial charge in [-0.25, -0.2) is 0 Å². The maximum Gasteiger partial charge on any atom is 0.0703 e. The van der Waals surface area contributed by atoms with Crippen molar-refractivity contribution in [3.63, 3.8) is 0 Å². The molecule has 2 N–H and O–H groups in total. The Hall–Kier alpha value is -0.480. The SMILES string of the molecule is Cc1nn(C2CSC2)c(C)c1CN. The summed E-state index contributed by atoms with van der Waals surface area (Å²) in [6.07, 6.45) is 0. The molecule has 3 nitrogen and oxygen atoms in total. The summed E-state index contributed by atoms with van der Waals surface area (Å²) in [5.74, 6) is 2.40. The molecule has 1 saturated heterocycles. The van der Waals surface area contributed by atoms with Crippen molar-refractivity contribution in [2.75, 3.05) is 11.5 Å². The van der Waals surface area contributed by atoms with Gasteiger partial charge in [0.25, 0.3) is 0 Å². The molecule has 13 heavy (non-hydrogen) atoms. The lowest BCUT2D eigenvalue weighted by Crippen LogP contribution is -2.24. The molecule has 1 aromatic heterocycles. The van der Waals surface area contributed by atoms with Crippen molar-refractivity contribution in [1.82, 2.24) is 9.78 Å². The number of nitrogens with two attached hydrogens (primary N) is 1. The van der Waals surface area contributed by atoms with Gasteiger partial charge < -0.3 is 5.73 Å². The minimum absolute atomic E-state index is 0.609. The second-order valence-electron chi connectivity index (χ2n) is 3.49. The molecule has 0 aromatic carbocycles. The first kappa shape index (κ1) is 9.09. The predicted octanol–water partition coefficient (Wildman–Crippen LogP) is 1.25. The number of aromatic nitrogens is 2. The highest BCUT2D eigenvalue weighted by Crippen LogP contribution is 2.30. The molecule has 1 aliphatic rings. The molecule has 1 aromatic rings. The quantitative estimate of drug-likeness (QED) is 0.776.